The number of furan rings is 1. The number of fused-ring (bicyclic) bond motifs is 6. The van der Waals surface area contributed by atoms with Crippen molar-refractivity contribution in [1.82, 2.24) is 0 Å². The van der Waals surface area contributed by atoms with E-state index in [9.17, 15) is 0 Å². The molecule has 0 fully saturated rings. The van der Waals surface area contributed by atoms with Gasteiger partial charge < -0.3 is 9.32 Å². The third-order valence-corrected chi connectivity index (χ3v) is 10.9. The molecule has 10 aromatic carbocycles. The van der Waals surface area contributed by atoms with Crippen molar-refractivity contribution >= 4 is 71.3 Å². The summed E-state index contributed by atoms with van der Waals surface area (Å²) < 4.78 is 49.1. The normalized spacial score (nSPS) is 12.8. The summed E-state index contributed by atoms with van der Waals surface area (Å²) in [7, 11) is 0. The molecule has 2 nitrogen and oxygen atoms in total. The SMILES string of the molecule is [2H]c1c([2H])c([2H])c(-c2cccc3cccc(-c4ccc(N(c5ccc6c(c5)oc5ccccc56)c5ccc(-c6ccc7ccccc7c6)c6ccccc56)cc4)c23)c([2H])c1[2H]. The molecule has 0 aliphatic carbocycles. The average Bonchev–Trinajstić information content (AvgIpc) is 3.68. The monoisotopic (exact) mass is 718 g/mol. The van der Waals surface area contributed by atoms with E-state index in [4.69, 9.17) is 11.3 Å². The summed E-state index contributed by atoms with van der Waals surface area (Å²) in [6.45, 7) is 0. The Morgan fingerprint density at radius 2 is 1.02 bits per heavy atom. The van der Waals surface area contributed by atoms with Gasteiger partial charge in [-0.05, 0) is 103 Å². The lowest BCUT2D eigenvalue weighted by atomic mass is 9.91. The summed E-state index contributed by atoms with van der Waals surface area (Å²) in [4.78, 5) is 2.28. The second-order valence-electron chi connectivity index (χ2n) is 14.1. The Kier molecular flexibility index (Phi) is 6.39. The van der Waals surface area contributed by atoms with Crippen LogP contribution in [0.5, 0.6) is 0 Å². The molecule has 0 amide bonds. The van der Waals surface area contributed by atoms with Crippen LogP contribution in [0.25, 0.3) is 87.6 Å². The molecule has 0 N–H and O–H groups in total. The van der Waals surface area contributed by atoms with Gasteiger partial charge >= 0.3 is 0 Å². The van der Waals surface area contributed by atoms with Crippen LogP contribution >= 0.6 is 0 Å². The minimum absolute atomic E-state index is 0.187. The predicted octanol–water partition coefficient (Wildman–Crippen LogP) is 15.5. The molecule has 0 unspecified atom stereocenters. The summed E-state index contributed by atoms with van der Waals surface area (Å²) in [5.74, 6) is 0. The zero-order chi connectivity index (χ0) is 41.4. The van der Waals surface area contributed by atoms with Crippen LogP contribution in [-0.2, 0) is 0 Å². The number of benzene rings is 10. The second kappa shape index (κ2) is 13.2. The van der Waals surface area contributed by atoms with Gasteiger partial charge in [-0.25, -0.2) is 0 Å². The van der Waals surface area contributed by atoms with Crippen LogP contribution in [0.15, 0.2) is 217 Å². The lowest BCUT2D eigenvalue weighted by Crippen LogP contribution is -2.10. The molecule has 11 rings (SSSR count). The van der Waals surface area contributed by atoms with E-state index in [-0.39, 0.29) is 29.7 Å². The highest BCUT2D eigenvalue weighted by Gasteiger charge is 2.20. The standard InChI is InChI=1S/C54H35NO/c1-2-13-37(14-3-1)45-21-10-16-39-17-11-22-46(54(39)45)38-26-28-42(29-27-38)55(43-30-31-50-49-20-8-9-23-52(49)56-53(50)35-43)51-33-32-44(47-18-6-7-19-48(47)51)41-25-24-36-12-4-5-15-40(36)34-41/h1-35H/i1D,2D,3D,13D,14D. The lowest BCUT2D eigenvalue weighted by molar-refractivity contribution is 0.669. The van der Waals surface area contributed by atoms with E-state index in [1.807, 2.05) is 54.6 Å². The van der Waals surface area contributed by atoms with E-state index in [1.54, 1.807) is 0 Å². The van der Waals surface area contributed by atoms with E-state index >= 15 is 0 Å². The molecule has 0 saturated heterocycles. The van der Waals surface area contributed by atoms with Crippen LogP contribution in [0.3, 0.4) is 0 Å². The molecule has 0 atom stereocenters. The summed E-state index contributed by atoms with van der Waals surface area (Å²) in [6.07, 6.45) is 0. The quantitative estimate of drug-likeness (QED) is 0.170. The minimum Gasteiger partial charge on any atom is -0.456 e. The van der Waals surface area contributed by atoms with Gasteiger partial charge in [-0.15, -0.1) is 0 Å². The molecule has 2 heteroatoms. The smallest absolute Gasteiger partial charge is 0.137 e. The zero-order valence-corrected chi connectivity index (χ0v) is 30.2. The van der Waals surface area contributed by atoms with E-state index in [2.05, 4.69) is 132 Å². The van der Waals surface area contributed by atoms with Gasteiger partial charge in [0.1, 0.15) is 11.2 Å². The maximum absolute atomic E-state index is 8.81. The Morgan fingerprint density at radius 3 is 1.84 bits per heavy atom. The molecule has 0 spiro atoms. The van der Waals surface area contributed by atoms with Gasteiger partial charge in [0, 0.05) is 33.6 Å². The molecular formula is C54H35NO. The summed E-state index contributed by atoms with van der Waals surface area (Å²) in [5, 5.41) is 8.48. The molecule has 0 bridgehead atoms. The van der Waals surface area contributed by atoms with Crippen LogP contribution in [0.1, 0.15) is 6.85 Å². The summed E-state index contributed by atoms with van der Waals surface area (Å²) >= 11 is 0. The van der Waals surface area contributed by atoms with Crippen molar-refractivity contribution in [2.75, 3.05) is 4.90 Å². The van der Waals surface area contributed by atoms with Gasteiger partial charge in [-0.2, -0.15) is 0 Å². The van der Waals surface area contributed by atoms with Crippen LogP contribution in [0.4, 0.5) is 17.1 Å². The number of anilines is 3. The Balaban J connectivity index is 1.09. The van der Waals surface area contributed by atoms with Gasteiger partial charge in [0.2, 0.25) is 0 Å². The fraction of sp³-hybridized carbons (Fsp3) is 0. The first-order chi connectivity index (χ1) is 29.8. The molecule has 0 aliphatic heterocycles. The average molecular weight is 719 g/mol. The molecular weight excluding hydrogens is 679 g/mol. The maximum Gasteiger partial charge on any atom is 0.137 e. The van der Waals surface area contributed by atoms with Crippen LogP contribution in [0, 0.1) is 0 Å². The van der Waals surface area contributed by atoms with Crippen molar-refractivity contribution in [3.8, 4) is 33.4 Å². The van der Waals surface area contributed by atoms with Crippen LogP contribution < -0.4 is 4.90 Å². The van der Waals surface area contributed by atoms with Gasteiger partial charge in [0.15, 0.2) is 0 Å². The van der Waals surface area contributed by atoms with E-state index < -0.39 is 6.04 Å². The van der Waals surface area contributed by atoms with Crippen molar-refractivity contribution in [2.45, 2.75) is 0 Å². The largest absolute Gasteiger partial charge is 0.456 e. The van der Waals surface area contributed by atoms with Gasteiger partial charge in [-0.1, -0.05) is 164 Å². The molecule has 1 aromatic heterocycles. The molecule has 0 saturated carbocycles. The highest BCUT2D eigenvalue weighted by Crippen LogP contribution is 2.45. The molecule has 0 aliphatic rings. The van der Waals surface area contributed by atoms with Crippen LogP contribution in [-0.4, -0.2) is 0 Å². The Morgan fingerprint density at radius 1 is 0.375 bits per heavy atom. The van der Waals surface area contributed by atoms with Crippen molar-refractivity contribution in [2.24, 2.45) is 0 Å². The highest BCUT2D eigenvalue weighted by atomic mass is 16.3. The Hall–Kier alpha value is -7.42. The van der Waals surface area contributed by atoms with Gasteiger partial charge in [0.25, 0.3) is 0 Å². The van der Waals surface area contributed by atoms with Crippen molar-refractivity contribution in [3.63, 3.8) is 0 Å². The highest BCUT2D eigenvalue weighted by molar-refractivity contribution is 6.10. The van der Waals surface area contributed by atoms with E-state index in [1.165, 1.54) is 10.8 Å². The Bertz CT molecular complexity index is 3520. The molecule has 262 valence electrons. The predicted molar refractivity (Wildman–Crippen MR) is 237 cm³/mol. The minimum atomic E-state index is -0.407. The topological polar surface area (TPSA) is 16.4 Å². The fourth-order valence-electron chi connectivity index (χ4n) is 8.33. The fourth-order valence-corrected chi connectivity index (χ4v) is 8.33. The van der Waals surface area contributed by atoms with Crippen LogP contribution in [0.2, 0.25) is 0 Å². The third-order valence-electron chi connectivity index (χ3n) is 10.9. The number of para-hydroxylation sites is 1. The number of hydrogen-bond acceptors (Lipinski definition) is 2. The van der Waals surface area contributed by atoms with Crippen molar-refractivity contribution in [3.05, 3.63) is 212 Å². The summed E-state index contributed by atoms with van der Waals surface area (Å²) in [6, 6.07) is 61.2. The molecule has 0 radical (unpaired) electrons. The molecule has 56 heavy (non-hydrogen) atoms. The maximum atomic E-state index is 8.81. The number of hydrogen-bond donors (Lipinski definition) is 0. The zero-order valence-electron chi connectivity index (χ0n) is 35.2. The third kappa shape index (κ3) is 5.34. The molecule has 11 aromatic rings. The lowest BCUT2D eigenvalue weighted by Gasteiger charge is -2.28. The van der Waals surface area contributed by atoms with Gasteiger partial charge in [-0.3, -0.25) is 0 Å². The first kappa shape index (κ1) is 27.2. The van der Waals surface area contributed by atoms with E-state index in [0.29, 0.717) is 5.56 Å². The van der Waals surface area contributed by atoms with Crippen molar-refractivity contribution < 1.29 is 11.3 Å². The number of nitrogens with zero attached hydrogens (tertiary/aromatic N) is 1. The first-order valence-corrected chi connectivity index (χ1v) is 18.8. The second-order valence-corrected chi connectivity index (χ2v) is 14.1. The summed E-state index contributed by atoms with van der Waals surface area (Å²) in [5.41, 5.74) is 9.44. The number of rotatable bonds is 6. The molecule has 1 heterocycles. The Labute approximate surface area is 332 Å². The first-order valence-electron chi connectivity index (χ1n) is 21.3. The van der Waals surface area contributed by atoms with Crippen molar-refractivity contribution in [1.29, 1.82) is 0 Å². The van der Waals surface area contributed by atoms with E-state index in [0.717, 1.165) is 82.8 Å². The van der Waals surface area contributed by atoms with Gasteiger partial charge in [0.05, 0.1) is 12.5 Å².